The van der Waals surface area contributed by atoms with Gasteiger partial charge in [0.1, 0.15) is 5.82 Å². The van der Waals surface area contributed by atoms with Crippen LogP contribution in [-0.2, 0) is 10.2 Å². The van der Waals surface area contributed by atoms with Crippen LogP contribution >= 0.6 is 0 Å². The fourth-order valence-electron chi connectivity index (χ4n) is 2.58. The number of carboxylic acid groups (broad SMARTS) is 1. The molecule has 3 N–H and O–H groups in total. The summed E-state index contributed by atoms with van der Waals surface area (Å²) in [5.74, 6) is -1.39. The first-order valence-electron chi connectivity index (χ1n) is 5.80. The van der Waals surface area contributed by atoms with Gasteiger partial charge in [-0.3, -0.25) is 4.79 Å². The van der Waals surface area contributed by atoms with Gasteiger partial charge in [-0.1, -0.05) is 18.2 Å². The Morgan fingerprint density at radius 3 is 2.47 bits per heavy atom. The van der Waals surface area contributed by atoms with E-state index in [2.05, 4.69) is 0 Å². The Morgan fingerprint density at radius 2 is 1.94 bits per heavy atom. The van der Waals surface area contributed by atoms with Gasteiger partial charge in [0.15, 0.2) is 0 Å². The van der Waals surface area contributed by atoms with Crippen molar-refractivity contribution in [3.63, 3.8) is 0 Å². The summed E-state index contributed by atoms with van der Waals surface area (Å²) in [7, 11) is 0. The largest absolute Gasteiger partial charge is 0.481 e. The molecule has 1 aromatic carbocycles. The Balaban J connectivity index is 2.42. The monoisotopic (exact) mass is 237 g/mol. The molecule has 0 unspecified atom stereocenters. The molecular formula is C13H16FNO2. The summed E-state index contributed by atoms with van der Waals surface area (Å²) >= 11 is 0. The summed E-state index contributed by atoms with van der Waals surface area (Å²) in [6.45, 7) is 0. The van der Waals surface area contributed by atoms with Crippen molar-refractivity contribution < 1.29 is 14.3 Å². The molecule has 1 aliphatic carbocycles. The average Bonchev–Trinajstić information content (AvgIpc) is 2.31. The van der Waals surface area contributed by atoms with E-state index in [0.29, 0.717) is 31.2 Å². The van der Waals surface area contributed by atoms with E-state index in [9.17, 15) is 14.3 Å². The maximum atomic E-state index is 13.8. The molecule has 1 aromatic rings. The second-order valence-electron chi connectivity index (χ2n) is 4.70. The van der Waals surface area contributed by atoms with E-state index >= 15 is 0 Å². The van der Waals surface area contributed by atoms with Crippen LogP contribution in [0.3, 0.4) is 0 Å². The summed E-state index contributed by atoms with van der Waals surface area (Å²) in [5.41, 5.74) is 4.98. The van der Waals surface area contributed by atoms with E-state index in [1.165, 1.54) is 6.07 Å². The van der Waals surface area contributed by atoms with Gasteiger partial charge in [0, 0.05) is 11.6 Å². The molecule has 1 fully saturated rings. The van der Waals surface area contributed by atoms with Gasteiger partial charge in [-0.05, 0) is 31.7 Å². The normalized spacial score (nSPS) is 28.9. The minimum atomic E-state index is -1.10. The minimum Gasteiger partial charge on any atom is -0.481 e. The van der Waals surface area contributed by atoms with Gasteiger partial charge in [-0.15, -0.1) is 0 Å². The molecule has 1 saturated carbocycles. The van der Waals surface area contributed by atoms with Crippen molar-refractivity contribution in [3.05, 3.63) is 35.6 Å². The van der Waals surface area contributed by atoms with Crippen molar-refractivity contribution >= 4 is 5.97 Å². The number of nitrogens with two attached hydrogens (primary N) is 1. The van der Waals surface area contributed by atoms with Crippen LogP contribution in [0.5, 0.6) is 0 Å². The van der Waals surface area contributed by atoms with Crippen molar-refractivity contribution in [1.29, 1.82) is 0 Å². The zero-order valence-corrected chi connectivity index (χ0v) is 9.53. The van der Waals surface area contributed by atoms with Gasteiger partial charge in [0.2, 0.25) is 0 Å². The first-order chi connectivity index (χ1) is 8.06. The first kappa shape index (κ1) is 12.0. The zero-order chi connectivity index (χ0) is 12.5. The summed E-state index contributed by atoms with van der Waals surface area (Å²) < 4.78 is 13.8. The van der Waals surface area contributed by atoms with Crippen LogP contribution in [0.1, 0.15) is 31.2 Å². The molecule has 0 spiro atoms. The lowest BCUT2D eigenvalue weighted by Gasteiger charge is -2.36. The van der Waals surface area contributed by atoms with Gasteiger partial charge in [-0.2, -0.15) is 0 Å². The third-order valence-corrected chi connectivity index (χ3v) is 3.68. The van der Waals surface area contributed by atoms with Gasteiger partial charge < -0.3 is 10.8 Å². The summed E-state index contributed by atoms with van der Waals surface area (Å²) in [4.78, 5) is 11.5. The molecule has 0 atom stereocenters. The molecule has 0 bridgehead atoms. The van der Waals surface area contributed by atoms with Crippen LogP contribution in [0.2, 0.25) is 0 Å². The molecule has 2 rings (SSSR count). The van der Waals surface area contributed by atoms with Crippen molar-refractivity contribution in [2.45, 2.75) is 37.1 Å². The van der Waals surface area contributed by atoms with E-state index in [-0.39, 0.29) is 6.04 Å². The highest BCUT2D eigenvalue weighted by Crippen LogP contribution is 2.40. The fourth-order valence-corrected chi connectivity index (χ4v) is 2.58. The Hall–Kier alpha value is -1.42. The highest BCUT2D eigenvalue weighted by Gasteiger charge is 2.44. The van der Waals surface area contributed by atoms with Crippen LogP contribution in [0.25, 0.3) is 0 Å². The second-order valence-corrected chi connectivity index (χ2v) is 4.70. The molecule has 1 aliphatic rings. The molecule has 92 valence electrons. The lowest BCUT2D eigenvalue weighted by atomic mass is 9.68. The smallest absolute Gasteiger partial charge is 0.314 e. The van der Waals surface area contributed by atoms with Crippen LogP contribution < -0.4 is 5.73 Å². The number of carbonyl (C=O) groups is 1. The molecular weight excluding hydrogens is 221 g/mol. The van der Waals surface area contributed by atoms with Gasteiger partial charge >= 0.3 is 5.97 Å². The number of rotatable bonds is 2. The molecule has 0 amide bonds. The topological polar surface area (TPSA) is 63.3 Å². The third kappa shape index (κ3) is 2.05. The highest BCUT2D eigenvalue weighted by molar-refractivity contribution is 5.81. The molecule has 4 heteroatoms. The number of carboxylic acids is 1. The highest BCUT2D eigenvalue weighted by atomic mass is 19.1. The van der Waals surface area contributed by atoms with E-state index in [4.69, 9.17) is 5.73 Å². The Morgan fingerprint density at radius 1 is 1.35 bits per heavy atom. The van der Waals surface area contributed by atoms with E-state index in [0.717, 1.165) is 0 Å². The maximum absolute atomic E-state index is 13.8. The van der Waals surface area contributed by atoms with E-state index in [1.54, 1.807) is 18.2 Å². The molecule has 0 aliphatic heterocycles. The minimum absolute atomic E-state index is 0.0363. The Kier molecular flexibility index (Phi) is 3.15. The Bertz CT molecular complexity index is 425. The van der Waals surface area contributed by atoms with Crippen molar-refractivity contribution in [2.75, 3.05) is 0 Å². The molecule has 3 nitrogen and oxygen atoms in total. The lowest BCUT2D eigenvalue weighted by Crippen LogP contribution is -2.43. The molecule has 17 heavy (non-hydrogen) atoms. The molecule has 0 saturated heterocycles. The number of hydrogen-bond acceptors (Lipinski definition) is 2. The SMILES string of the molecule is NC1CCC(C(=O)O)(c2ccccc2F)CC1. The predicted molar refractivity (Wildman–Crippen MR) is 62.2 cm³/mol. The third-order valence-electron chi connectivity index (χ3n) is 3.68. The number of halogens is 1. The van der Waals surface area contributed by atoms with Gasteiger partial charge in [0.05, 0.1) is 5.41 Å². The second kappa shape index (κ2) is 4.45. The standard InChI is InChI=1S/C13H16FNO2/c14-11-4-2-1-3-10(11)13(12(16)17)7-5-9(15)6-8-13/h1-4,9H,5-8,15H2,(H,16,17). The molecule has 0 aromatic heterocycles. The lowest BCUT2D eigenvalue weighted by molar-refractivity contribution is -0.145. The van der Waals surface area contributed by atoms with Gasteiger partial charge in [-0.25, -0.2) is 4.39 Å². The molecule has 0 heterocycles. The molecule has 0 radical (unpaired) electrons. The van der Waals surface area contributed by atoms with Crippen molar-refractivity contribution in [3.8, 4) is 0 Å². The van der Waals surface area contributed by atoms with Crippen LogP contribution in [0, 0.1) is 5.82 Å². The van der Waals surface area contributed by atoms with E-state index < -0.39 is 17.2 Å². The van der Waals surface area contributed by atoms with Crippen LogP contribution in [0.15, 0.2) is 24.3 Å². The number of aliphatic carboxylic acids is 1. The maximum Gasteiger partial charge on any atom is 0.314 e. The van der Waals surface area contributed by atoms with Gasteiger partial charge in [0.25, 0.3) is 0 Å². The van der Waals surface area contributed by atoms with Crippen molar-refractivity contribution in [1.82, 2.24) is 0 Å². The van der Waals surface area contributed by atoms with Crippen LogP contribution in [-0.4, -0.2) is 17.1 Å². The zero-order valence-electron chi connectivity index (χ0n) is 9.53. The van der Waals surface area contributed by atoms with E-state index in [1.807, 2.05) is 0 Å². The van der Waals surface area contributed by atoms with Crippen LogP contribution in [0.4, 0.5) is 4.39 Å². The average molecular weight is 237 g/mol. The summed E-state index contributed by atoms with van der Waals surface area (Å²) in [5, 5.41) is 9.45. The fraction of sp³-hybridized carbons (Fsp3) is 0.462. The number of benzene rings is 1. The number of hydrogen-bond donors (Lipinski definition) is 2. The summed E-state index contributed by atoms with van der Waals surface area (Å²) in [6.07, 6.45) is 2.07. The first-order valence-corrected chi connectivity index (χ1v) is 5.80. The predicted octanol–water partition coefficient (Wildman–Crippen LogP) is 2.05. The Labute approximate surface area is 99.4 Å². The van der Waals surface area contributed by atoms with Crippen molar-refractivity contribution in [2.24, 2.45) is 5.73 Å². The quantitative estimate of drug-likeness (QED) is 0.827. The summed E-state index contributed by atoms with van der Waals surface area (Å²) in [6, 6.07) is 6.17.